The second kappa shape index (κ2) is 4.46. The summed E-state index contributed by atoms with van der Waals surface area (Å²) in [7, 11) is 0. The largest absolute Gasteiger partial charge is 0.325 e. The molecule has 1 fully saturated rings. The number of benzene rings is 1. The number of halogens is 2. The average molecular weight is 286 g/mol. The highest BCUT2D eigenvalue weighted by atomic mass is 79.9. The lowest BCUT2D eigenvalue weighted by Gasteiger charge is -2.24. The van der Waals surface area contributed by atoms with E-state index in [1.54, 1.807) is 0 Å². The molecule has 16 heavy (non-hydrogen) atoms. The maximum Gasteiger partial charge on any atom is 0.137 e. The summed E-state index contributed by atoms with van der Waals surface area (Å²) in [5.74, 6) is 0.503. The van der Waals surface area contributed by atoms with Crippen LogP contribution in [0.1, 0.15) is 31.7 Å². The highest BCUT2D eigenvalue weighted by Crippen LogP contribution is 2.35. The molecule has 0 aromatic heterocycles. The average Bonchev–Trinajstić information content (AvgIpc) is 2.52. The van der Waals surface area contributed by atoms with Gasteiger partial charge in [0.05, 0.1) is 4.47 Å². The lowest BCUT2D eigenvalue weighted by atomic mass is 9.89. The Morgan fingerprint density at radius 2 is 2.31 bits per heavy atom. The first kappa shape index (κ1) is 12.1. The second-order valence-electron chi connectivity index (χ2n) is 5.14. The predicted octanol–water partition coefficient (Wildman–Crippen LogP) is 3.65. The van der Waals surface area contributed by atoms with Crippen molar-refractivity contribution >= 4 is 15.9 Å². The molecule has 1 aromatic carbocycles. The van der Waals surface area contributed by atoms with Crippen molar-refractivity contribution in [1.29, 1.82) is 0 Å². The lowest BCUT2D eigenvalue weighted by molar-refractivity contribution is 0.419. The van der Waals surface area contributed by atoms with Crippen molar-refractivity contribution in [2.45, 2.75) is 38.1 Å². The highest BCUT2D eigenvalue weighted by Gasteiger charge is 2.33. The van der Waals surface area contributed by atoms with Gasteiger partial charge < -0.3 is 5.73 Å². The van der Waals surface area contributed by atoms with E-state index in [0.29, 0.717) is 10.4 Å². The second-order valence-corrected chi connectivity index (χ2v) is 5.99. The van der Waals surface area contributed by atoms with Crippen molar-refractivity contribution in [2.24, 2.45) is 11.7 Å². The summed E-state index contributed by atoms with van der Waals surface area (Å²) in [5.41, 5.74) is 7.39. The summed E-state index contributed by atoms with van der Waals surface area (Å²) in [4.78, 5) is 0. The third-order valence-electron chi connectivity index (χ3n) is 3.43. The number of nitrogens with two attached hydrogens (primary N) is 1. The van der Waals surface area contributed by atoms with Crippen LogP contribution in [0.4, 0.5) is 4.39 Å². The number of hydrogen-bond donors (Lipinski definition) is 1. The number of rotatable bonds is 2. The van der Waals surface area contributed by atoms with Gasteiger partial charge in [0.2, 0.25) is 0 Å². The topological polar surface area (TPSA) is 26.0 Å². The first-order valence-corrected chi connectivity index (χ1v) is 6.51. The van der Waals surface area contributed by atoms with Crippen molar-refractivity contribution in [3.05, 3.63) is 34.1 Å². The van der Waals surface area contributed by atoms with Gasteiger partial charge in [-0.3, -0.25) is 0 Å². The third kappa shape index (κ3) is 2.64. The van der Waals surface area contributed by atoms with E-state index in [-0.39, 0.29) is 11.4 Å². The van der Waals surface area contributed by atoms with Gasteiger partial charge in [-0.05, 0) is 65.2 Å². The molecule has 1 aliphatic carbocycles. The smallest absolute Gasteiger partial charge is 0.137 e. The Hall–Kier alpha value is -0.410. The van der Waals surface area contributed by atoms with Crippen LogP contribution in [-0.2, 0) is 6.42 Å². The van der Waals surface area contributed by atoms with Crippen LogP contribution in [0.15, 0.2) is 22.7 Å². The Kier molecular flexibility index (Phi) is 3.36. The Balaban J connectivity index is 2.12. The van der Waals surface area contributed by atoms with E-state index in [0.717, 1.165) is 24.8 Å². The van der Waals surface area contributed by atoms with Crippen LogP contribution in [0.5, 0.6) is 0 Å². The molecule has 0 spiro atoms. The molecule has 1 saturated carbocycles. The first-order valence-electron chi connectivity index (χ1n) is 5.71. The van der Waals surface area contributed by atoms with Crippen LogP contribution in [0.25, 0.3) is 0 Å². The van der Waals surface area contributed by atoms with Crippen molar-refractivity contribution in [1.82, 2.24) is 0 Å². The Morgan fingerprint density at radius 1 is 1.56 bits per heavy atom. The van der Waals surface area contributed by atoms with E-state index in [9.17, 15) is 4.39 Å². The minimum absolute atomic E-state index is 0.0866. The van der Waals surface area contributed by atoms with E-state index >= 15 is 0 Å². The predicted molar refractivity (Wildman–Crippen MR) is 67.7 cm³/mol. The van der Waals surface area contributed by atoms with Gasteiger partial charge in [-0.15, -0.1) is 0 Å². The van der Waals surface area contributed by atoms with E-state index in [2.05, 4.69) is 22.9 Å². The summed E-state index contributed by atoms with van der Waals surface area (Å²) in [6, 6.07) is 5.17. The molecule has 0 bridgehead atoms. The van der Waals surface area contributed by atoms with Crippen molar-refractivity contribution in [2.75, 3.05) is 0 Å². The van der Waals surface area contributed by atoms with Gasteiger partial charge in [0, 0.05) is 5.54 Å². The molecule has 2 N–H and O–H groups in total. The minimum Gasteiger partial charge on any atom is -0.325 e. The van der Waals surface area contributed by atoms with Crippen LogP contribution in [0, 0.1) is 11.7 Å². The van der Waals surface area contributed by atoms with Gasteiger partial charge in [0.15, 0.2) is 0 Å². The summed E-state index contributed by atoms with van der Waals surface area (Å²) >= 11 is 3.21. The molecule has 0 radical (unpaired) electrons. The fourth-order valence-electron chi connectivity index (χ4n) is 2.65. The molecule has 1 aromatic rings. The molecule has 0 aliphatic heterocycles. The van der Waals surface area contributed by atoms with E-state index in [1.165, 1.54) is 12.5 Å². The van der Waals surface area contributed by atoms with Crippen LogP contribution in [-0.4, -0.2) is 5.54 Å². The van der Waals surface area contributed by atoms with Gasteiger partial charge in [0.1, 0.15) is 5.82 Å². The lowest BCUT2D eigenvalue weighted by Crippen LogP contribution is -2.39. The minimum atomic E-state index is -0.213. The van der Waals surface area contributed by atoms with E-state index < -0.39 is 0 Å². The zero-order valence-corrected chi connectivity index (χ0v) is 11.1. The molecule has 1 nitrogen and oxygen atoms in total. The molecule has 1 aliphatic rings. The fourth-order valence-corrected chi connectivity index (χ4v) is 3.07. The quantitative estimate of drug-likeness (QED) is 0.882. The molecule has 0 heterocycles. The molecule has 0 amide bonds. The van der Waals surface area contributed by atoms with Crippen LogP contribution >= 0.6 is 15.9 Å². The molecule has 2 atom stereocenters. The zero-order chi connectivity index (χ0) is 11.8. The van der Waals surface area contributed by atoms with Crippen LogP contribution in [0.2, 0.25) is 0 Å². The van der Waals surface area contributed by atoms with E-state index in [4.69, 9.17) is 5.73 Å². The van der Waals surface area contributed by atoms with Crippen molar-refractivity contribution in [3.63, 3.8) is 0 Å². The normalized spacial score (nSPS) is 29.6. The fraction of sp³-hybridized carbons (Fsp3) is 0.538. The monoisotopic (exact) mass is 285 g/mol. The molecule has 0 saturated heterocycles. The Bertz CT molecular complexity index is 394. The Morgan fingerprint density at radius 3 is 2.88 bits per heavy atom. The van der Waals surface area contributed by atoms with Crippen molar-refractivity contribution in [3.8, 4) is 0 Å². The molecular formula is C13H17BrFN. The van der Waals surface area contributed by atoms with Gasteiger partial charge in [-0.25, -0.2) is 4.39 Å². The molecule has 88 valence electrons. The first-order chi connectivity index (χ1) is 7.48. The van der Waals surface area contributed by atoms with Crippen molar-refractivity contribution < 1.29 is 4.39 Å². The highest BCUT2D eigenvalue weighted by molar-refractivity contribution is 9.10. The maximum absolute atomic E-state index is 13.1. The summed E-state index contributed by atoms with van der Waals surface area (Å²) in [6.07, 6.45) is 4.19. The number of hydrogen-bond acceptors (Lipinski definition) is 1. The molecule has 3 heteroatoms. The standard InChI is InChI=1S/C13H17BrFN/c1-9-4-5-13(16,7-9)8-10-2-3-12(15)11(14)6-10/h2-3,6,9H,4-5,7-8,16H2,1H3. The zero-order valence-electron chi connectivity index (χ0n) is 9.47. The van der Waals surface area contributed by atoms with Crippen LogP contribution < -0.4 is 5.73 Å². The molecular weight excluding hydrogens is 269 g/mol. The summed E-state index contributed by atoms with van der Waals surface area (Å²) in [6.45, 7) is 2.25. The van der Waals surface area contributed by atoms with Gasteiger partial charge in [-0.1, -0.05) is 13.0 Å². The summed E-state index contributed by atoms with van der Waals surface area (Å²) in [5, 5.41) is 0. The molecule has 2 unspecified atom stereocenters. The van der Waals surface area contributed by atoms with Crippen LogP contribution in [0.3, 0.4) is 0 Å². The van der Waals surface area contributed by atoms with E-state index in [1.807, 2.05) is 12.1 Å². The maximum atomic E-state index is 13.1. The SMILES string of the molecule is CC1CCC(N)(Cc2ccc(F)c(Br)c2)C1. The van der Waals surface area contributed by atoms with Gasteiger partial charge >= 0.3 is 0 Å². The summed E-state index contributed by atoms with van der Waals surface area (Å²) < 4.78 is 13.6. The Labute approximate surface area is 104 Å². The third-order valence-corrected chi connectivity index (χ3v) is 4.04. The van der Waals surface area contributed by atoms with Gasteiger partial charge in [0.25, 0.3) is 0 Å². The molecule has 2 rings (SSSR count). The van der Waals surface area contributed by atoms with Gasteiger partial charge in [-0.2, -0.15) is 0 Å².